The Morgan fingerprint density at radius 1 is 1.21 bits per heavy atom. The van der Waals surface area contributed by atoms with Gasteiger partial charge in [-0.2, -0.15) is 0 Å². The summed E-state index contributed by atoms with van der Waals surface area (Å²) in [5.41, 5.74) is 0. The van der Waals surface area contributed by atoms with Gasteiger partial charge in [-0.05, 0) is 24.2 Å². The van der Waals surface area contributed by atoms with Crippen LogP contribution in [0.25, 0.3) is 0 Å². The number of imide groups is 1. The molecular weight excluding hydrogens is 246 g/mol. The molecule has 2 amide bonds. The summed E-state index contributed by atoms with van der Waals surface area (Å²) < 4.78 is 0. The first-order valence-electron chi connectivity index (χ1n) is 6.71. The lowest BCUT2D eigenvalue weighted by molar-refractivity contribution is -0.157. The van der Waals surface area contributed by atoms with E-state index in [4.69, 9.17) is 0 Å². The first kappa shape index (κ1) is 12.4. The van der Waals surface area contributed by atoms with Gasteiger partial charge in [0.05, 0.1) is 11.8 Å². The van der Waals surface area contributed by atoms with Gasteiger partial charge >= 0.3 is 5.97 Å². The zero-order chi connectivity index (χ0) is 13.9. The van der Waals surface area contributed by atoms with Gasteiger partial charge in [0.15, 0.2) is 0 Å². The summed E-state index contributed by atoms with van der Waals surface area (Å²) in [7, 11) is 0. The molecule has 2 fully saturated rings. The number of hydrogen-bond donors (Lipinski definition) is 1. The number of amides is 2. The van der Waals surface area contributed by atoms with Gasteiger partial charge in [-0.15, -0.1) is 0 Å². The lowest BCUT2D eigenvalue weighted by Crippen LogP contribution is -2.49. The number of carboxylic acid groups (broad SMARTS) is 1. The normalized spacial score (nSPS) is 37.3. The van der Waals surface area contributed by atoms with E-state index in [2.05, 4.69) is 0 Å². The third kappa shape index (κ3) is 1.50. The molecule has 2 aliphatic carbocycles. The van der Waals surface area contributed by atoms with E-state index in [-0.39, 0.29) is 41.4 Å². The summed E-state index contributed by atoms with van der Waals surface area (Å²) in [5, 5.41) is 9.29. The molecule has 19 heavy (non-hydrogen) atoms. The second-order valence-electron chi connectivity index (χ2n) is 6.07. The Kier molecular flexibility index (Phi) is 2.56. The van der Waals surface area contributed by atoms with E-state index in [1.807, 2.05) is 12.2 Å². The van der Waals surface area contributed by atoms with Crippen LogP contribution in [-0.2, 0) is 14.4 Å². The minimum Gasteiger partial charge on any atom is -0.480 e. The van der Waals surface area contributed by atoms with Crippen molar-refractivity contribution >= 4 is 17.8 Å². The molecule has 5 nitrogen and oxygen atoms in total. The number of carbonyl (C=O) groups is 3. The van der Waals surface area contributed by atoms with Gasteiger partial charge in [-0.25, -0.2) is 4.79 Å². The first-order valence-corrected chi connectivity index (χ1v) is 6.71. The van der Waals surface area contributed by atoms with Crippen LogP contribution in [0.2, 0.25) is 0 Å². The Bertz CT molecular complexity index is 466. The highest BCUT2D eigenvalue weighted by Crippen LogP contribution is 2.53. The highest BCUT2D eigenvalue weighted by atomic mass is 16.4. The number of aliphatic carboxylic acids is 1. The van der Waals surface area contributed by atoms with Crippen molar-refractivity contribution < 1.29 is 19.5 Å². The minimum absolute atomic E-state index is 0.123. The van der Waals surface area contributed by atoms with E-state index in [9.17, 15) is 19.5 Å². The van der Waals surface area contributed by atoms with Crippen molar-refractivity contribution in [3.05, 3.63) is 12.2 Å². The average molecular weight is 263 g/mol. The van der Waals surface area contributed by atoms with Crippen LogP contribution in [0.5, 0.6) is 0 Å². The van der Waals surface area contributed by atoms with Crippen LogP contribution in [0.15, 0.2) is 12.2 Å². The smallest absolute Gasteiger partial charge is 0.327 e. The molecule has 0 aromatic heterocycles. The standard InChI is InChI=1S/C14H17NO4/c1-6(2)11(14(18)19)15-12(16)9-7-3-4-8(5-7)10(9)13(15)17/h3-4,6-11H,5H2,1-2H3,(H,18,19)/t7-,8-,9+,10+,11-/m1/s1. The number of nitrogens with zero attached hydrogens (tertiary/aromatic N) is 1. The zero-order valence-corrected chi connectivity index (χ0v) is 10.9. The molecule has 5 atom stereocenters. The molecule has 1 aliphatic heterocycles. The summed E-state index contributed by atoms with van der Waals surface area (Å²) in [6.07, 6.45) is 4.87. The molecule has 1 heterocycles. The average Bonchev–Trinajstić information content (AvgIpc) is 2.97. The Morgan fingerprint density at radius 3 is 2.05 bits per heavy atom. The predicted octanol–water partition coefficient (Wildman–Crippen LogP) is 0.903. The van der Waals surface area contributed by atoms with Crippen molar-refractivity contribution in [3.8, 4) is 0 Å². The zero-order valence-electron chi connectivity index (χ0n) is 10.9. The maximum Gasteiger partial charge on any atom is 0.327 e. The van der Waals surface area contributed by atoms with E-state index in [0.717, 1.165) is 11.3 Å². The second-order valence-corrected chi connectivity index (χ2v) is 6.07. The van der Waals surface area contributed by atoms with Crippen molar-refractivity contribution in [2.45, 2.75) is 26.3 Å². The Hall–Kier alpha value is -1.65. The summed E-state index contributed by atoms with van der Waals surface area (Å²) in [4.78, 5) is 37.3. The van der Waals surface area contributed by atoms with Crippen LogP contribution < -0.4 is 0 Å². The maximum atomic E-state index is 12.4. The molecule has 0 aromatic rings. The van der Waals surface area contributed by atoms with Gasteiger partial charge in [0.1, 0.15) is 6.04 Å². The van der Waals surface area contributed by atoms with Crippen molar-refractivity contribution in [2.24, 2.45) is 29.6 Å². The van der Waals surface area contributed by atoms with Crippen LogP contribution >= 0.6 is 0 Å². The molecule has 2 bridgehead atoms. The second kappa shape index (κ2) is 3.92. The Morgan fingerprint density at radius 2 is 1.68 bits per heavy atom. The highest BCUT2D eigenvalue weighted by molar-refractivity contribution is 6.08. The van der Waals surface area contributed by atoms with Gasteiger partial charge in [0, 0.05) is 0 Å². The van der Waals surface area contributed by atoms with Crippen molar-refractivity contribution in [2.75, 3.05) is 0 Å². The molecule has 102 valence electrons. The number of hydrogen-bond acceptors (Lipinski definition) is 3. The number of carbonyl (C=O) groups excluding carboxylic acids is 2. The number of carboxylic acids is 1. The fourth-order valence-electron chi connectivity index (χ4n) is 3.89. The Labute approximate surface area is 111 Å². The minimum atomic E-state index is -1.10. The van der Waals surface area contributed by atoms with Crippen LogP contribution in [0, 0.1) is 29.6 Å². The monoisotopic (exact) mass is 263 g/mol. The third-order valence-electron chi connectivity index (χ3n) is 4.67. The molecule has 0 aromatic carbocycles. The van der Waals surface area contributed by atoms with E-state index in [1.54, 1.807) is 13.8 Å². The van der Waals surface area contributed by atoms with E-state index in [1.165, 1.54) is 0 Å². The predicted molar refractivity (Wildman–Crippen MR) is 65.8 cm³/mol. The van der Waals surface area contributed by atoms with Crippen LogP contribution in [0.3, 0.4) is 0 Å². The number of likely N-dealkylation sites (tertiary alicyclic amines) is 1. The molecule has 0 unspecified atom stereocenters. The van der Waals surface area contributed by atoms with Crippen molar-refractivity contribution in [1.82, 2.24) is 4.90 Å². The van der Waals surface area contributed by atoms with Gasteiger partial charge in [0.2, 0.25) is 11.8 Å². The fraction of sp³-hybridized carbons (Fsp3) is 0.643. The lowest BCUT2D eigenvalue weighted by Gasteiger charge is -2.27. The quantitative estimate of drug-likeness (QED) is 0.606. The summed E-state index contributed by atoms with van der Waals surface area (Å²) in [6.45, 7) is 3.45. The van der Waals surface area contributed by atoms with Gasteiger partial charge < -0.3 is 5.11 Å². The molecule has 1 N–H and O–H groups in total. The largest absolute Gasteiger partial charge is 0.480 e. The molecule has 3 aliphatic rings. The van der Waals surface area contributed by atoms with Gasteiger partial charge in [-0.1, -0.05) is 26.0 Å². The maximum absolute atomic E-state index is 12.4. The van der Waals surface area contributed by atoms with E-state index < -0.39 is 12.0 Å². The molecule has 0 radical (unpaired) electrons. The van der Waals surface area contributed by atoms with Crippen molar-refractivity contribution in [3.63, 3.8) is 0 Å². The summed E-state index contributed by atoms with van der Waals surface area (Å²) in [6, 6.07) is -1.04. The van der Waals surface area contributed by atoms with Gasteiger partial charge in [0.25, 0.3) is 0 Å². The summed E-state index contributed by atoms with van der Waals surface area (Å²) in [5.74, 6) is -2.34. The fourth-order valence-corrected chi connectivity index (χ4v) is 3.89. The topological polar surface area (TPSA) is 74.7 Å². The number of fused-ring (bicyclic) bond motifs is 5. The SMILES string of the molecule is CC(C)[C@H](C(=O)O)N1C(=O)[C@@H]2[C@@H](C1=O)[C@@H]1C=C[C@@H]2C1. The van der Waals surface area contributed by atoms with Gasteiger partial charge in [-0.3, -0.25) is 14.5 Å². The number of allylic oxidation sites excluding steroid dienone is 2. The first-order chi connectivity index (χ1) is 8.93. The van der Waals surface area contributed by atoms with Crippen LogP contribution in [0.1, 0.15) is 20.3 Å². The highest BCUT2D eigenvalue weighted by Gasteiger charge is 2.61. The van der Waals surface area contributed by atoms with Crippen LogP contribution in [-0.4, -0.2) is 33.8 Å². The molecule has 1 saturated carbocycles. The van der Waals surface area contributed by atoms with Crippen molar-refractivity contribution in [1.29, 1.82) is 0 Å². The molecule has 1 saturated heterocycles. The molecular formula is C14H17NO4. The van der Waals surface area contributed by atoms with Crippen LogP contribution in [0.4, 0.5) is 0 Å². The number of rotatable bonds is 3. The molecule has 3 rings (SSSR count). The lowest BCUT2D eigenvalue weighted by atomic mass is 9.85. The molecule has 5 heteroatoms. The third-order valence-corrected chi connectivity index (χ3v) is 4.67. The summed E-state index contributed by atoms with van der Waals surface area (Å²) >= 11 is 0. The Balaban J connectivity index is 1.96. The van der Waals surface area contributed by atoms with E-state index in [0.29, 0.717) is 0 Å². The van der Waals surface area contributed by atoms with E-state index >= 15 is 0 Å². The molecule has 0 spiro atoms.